The summed E-state index contributed by atoms with van der Waals surface area (Å²) in [7, 11) is 0. The zero-order chi connectivity index (χ0) is 23.9. The number of anilines is 2. The molecule has 0 radical (unpaired) electrons. The average Bonchev–Trinajstić information content (AvgIpc) is 3.34. The van der Waals surface area contributed by atoms with Crippen LogP contribution in [-0.2, 0) is 11.3 Å². The standard InChI is InChI=1S/C26H22FN3O3S/c27-21-8-4-5-9-23(21)30(26-29-22(17-34-26)19-6-2-1-3-7-19)16-18-10-12-20(13-11-18)25(33)28-15-14-24(31)32/h1-13,17H,14-16H2,(H,28,33)(H,31,32). The minimum Gasteiger partial charge on any atom is -0.481 e. The van der Waals surface area contributed by atoms with Crippen LogP contribution < -0.4 is 10.2 Å². The number of benzene rings is 3. The van der Waals surface area contributed by atoms with Crippen molar-refractivity contribution < 1.29 is 19.1 Å². The van der Waals surface area contributed by atoms with Crippen molar-refractivity contribution in [1.82, 2.24) is 10.3 Å². The van der Waals surface area contributed by atoms with E-state index in [0.29, 0.717) is 22.9 Å². The third-order valence-electron chi connectivity index (χ3n) is 5.12. The summed E-state index contributed by atoms with van der Waals surface area (Å²) in [5.74, 6) is -1.67. The predicted molar refractivity (Wildman–Crippen MR) is 131 cm³/mol. The molecule has 0 unspecified atom stereocenters. The number of amides is 1. The lowest BCUT2D eigenvalue weighted by atomic mass is 10.1. The zero-order valence-corrected chi connectivity index (χ0v) is 19.0. The third-order valence-corrected chi connectivity index (χ3v) is 5.98. The lowest BCUT2D eigenvalue weighted by molar-refractivity contribution is -0.136. The second kappa shape index (κ2) is 10.7. The molecule has 0 bridgehead atoms. The van der Waals surface area contributed by atoms with E-state index in [-0.39, 0.29) is 24.7 Å². The van der Waals surface area contributed by atoms with Gasteiger partial charge in [0.2, 0.25) is 0 Å². The van der Waals surface area contributed by atoms with Crippen LogP contribution in [0.15, 0.2) is 84.2 Å². The van der Waals surface area contributed by atoms with Gasteiger partial charge in [-0.1, -0.05) is 54.6 Å². The molecule has 0 aliphatic rings. The summed E-state index contributed by atoms with van der Waals surface area (Å²) in [6, 6.07) is 23.3. The summed E-state index contributed by atoms with van der Waals surface area (Å²) in [6.07, 6.45) is -0.139. The smallest absolute Gasteiger partial charge is 0.305 e. The minimum absolute atomic E-state index is 0.0603. The first-order valence-electron chi connectivity index (χ1n) is 10.6. The quantitative estimate of drug-likeness (QED) is 0.334. The molecule has 0 aliphatic heterocycles. The molecule has 34 heavy (non-hydrogen) atoms. The average molecular weight is 476 g/mol. The molecule has 0 saturated carbocycles. The Bertz CT molecular complexity index is 1280. The maximum absolute atomic E-state index is 14.7. The van der Waals surface area contributed by atoms with Crippen molar-refractivity contribution in [3.8, 4) is 11.3 Å². The fourth-order valence-corrected chi connectivity index (χ4v) is 4.23. The molecule has 4 rings (SSSR count). The number of hydrogen-bond donors (Lipinski definition) is 2. The summed E-state index contributed by atoms with van der Waals surface area (Å²) < 4.78 is 14.7. The third kappa shape index (κ3) is 5.65. The van der Waals surface area contributed by atoms with E-state index in [9.17, 15) is 14.0 Å². The Kier molecular flexibility index (Phi) is 7.29. The Morgan fingerprint density at radius 1 is 0.971 bits per heavy atom. The number of carboxylic acid groups (broad SMARTS) is 1. The summed E-state index contributed by atoms with van der Waals surface area (Å²) in [6.45, 7) is 0.411. The van der Waals surface area contributed by atoms with Gasteiger partial charge in [-0.25, -0.2) is 9.37 Å². The second-order valence-electron chi connectivity index (χ2n) is 7.52. The fourth-order valence-electron chi connectivity index (χ4n) is 3.39. The number of carbonyl (C=O) groups is 2. The van der Waals surface area contributed by atoms with Gasteiger partial charge in [0, 0.05) is 23.1 Å². The molecule has 0 atom stereocenters. The largest absolute Gasteiger partial charge is 0.481 e. The number of aliphatic carboxylic acids is 1. The highest BCUT2D eigenvalue weighted by Crippen LogP contribution is 2.34. The first-order valence-corrected chi connectivity index (χ1v) is 11.5. The highest BCUT2D eigenvalue weighted by Gasteiger charge is 2.18. The van der Waals surface area contributed by atoms with E-state index in [2.05, 4.69) is 5.32 Å². The van der Waals surface area contributed by atoms with E-state index in [1.807, 2.05) is 40.6 Å². The lowest BCUT2D eigenvalue weighted by Crippen LogP contribution is -2.26. The normalized spacial score (nSPS) is 10.6. The van der Waals surface area contributed by atoms with Crippen LogP contribution in [0.5, 0.6) is 0 Å². The number of nitrogens with one attached hydrogen (secondary N) is 1. The molecule has 1 heterocycles. The Balaban J connectivity index is 1.57. The highest BCUT2D eigenvalue weighted by atomic mass is 32.1. The zero-order valence-electron chi connectivity index (χ0n) is 18.1. The molecule has 2 N–H and O–H groups in total. The van der Waals surface area contributed by atoms with Gasteiger partial charge in [0.1, 0.15) is 5.82 Å². The van der Waals surface area contributed by atoms with E-state index in [1.165, 1.54) is 17.4 Å². The number of nitrogens with zero attached hydrogens (tertiary/aromatic N) is 2. The van der Waals surface area contributed by atoms with Crippen LogP contribution in [0.1, 0.15) is 22.3 Å². The molecule has 6 nitrogen and oxygen atoms in total. The Morgan fingerprint density at radius 3 is 2.38 bits per heavy atom. The molecule has 172 valence electrons. The first kappa shape index (κ1) is 23.1. The Hall–Kier alpha value is -4.04. The molecule has 0 saturated heterocycles. The van der Waals surface area contributed by atoms with E-state index in [1.54, 1.807) is 42.5 Å². The van der Waals surface area contributed by atoms with Gasteiger partial charge >= 0.3 is 5.97 Å². The van der Waals surface area contributed by atoms with Crippen LogP contribution >= 0.6 is 11.3 Å². The Morgan fingerprint density at radius 2 is 1.68 bits per heavy atom. The summed E-state index contributed by atoms with van der Waals surface area (Å²) in [5.41, 5.74) is 3.49. The van der Waals surface area contributed by atoms with Crippen molar-refractivity contribution in [2.75, 3.05) is 11.4 Å². The molecule has 1 aromatic heterocycles. The van der Waals surface area contributed by atoms with Gasteiger partial charge in [-0.15, -0.1) is 11.3 Å². The van der Waals surface area contributed by atoms with Gasteiger partial charge in [-0.05, 0) is 29.8 Å². The minimum atomic E-state index is -0.971. The van der Waals surface area contributed by atoms with Crippen LogP contribution in [0.4, 0.5) is 15.2 Å². The van der Waals surface area contributed by atoms with Gasteiger partial charge in [0.15, 0.2) is 5.13 Å². The van der Waals surface area contributed by atoms with Crippen molar-refractivity contribution in [2.45, 2.75) is 13.0 Å². The summed E-state index contributed by atoms with van der Waals surface area (Å²) in [4.78, 5) is 29.4. The maximum atomic E-state index is 14.7. The number of thiazole rings is 1. The molecule has 4 aromatic rings. The fraction of sp³-hybridized carbons (Fsp3) is 0.115. The highest BCUT2D eigenvalue weighted by molar-refractivity contribution is 7.14. The van der Waals surface area contributed by atoms with Crippen LogP contribution in [-0.4, -0.2) is 28.5 Å². The van der Waals surface area contributed by atoms with Crippen molar-refractivity contribution in [3.05, 3.63) is 101 Å². The molecule has 3 aromatic carbocycles. The molecular weight excluding hydrogens is 453 g/mol. The monoisotopic (exact) mass is 475 g/mol. The van der Waals surface area contributed by atoms with E-state index >= 15 is 0 Å². The van der Waals surface area contributed by atoms with E-state index in [4.69, 9.17) is 10.1 Å². The first-order chi connectivity index (χ1) is 16.5. The molecule has 0 fully saturated rings. The van der Waals surface area contributed by atoms with Crippen LogP contribution in [0.3, 0.4) is 0 Å². The van der Waals surface area contributed by atoms with Gasteiger partial charge in [0.05, 0.1) is 24.3 Å². The number of rotatable bonds is 9. The topological polar surface area (TPSA) is 82.5 Å². The molecule has 0 spiro atoms. The lowest BCUT2D eigenvalue weighted by Gasteiger charge is -2.23. The van der Waals surface area contributed by atoms with Gasteiger partial charge in [-0.3, -0.25) is 9.59 Å². The SMILES string of the molecule is O=C(O)CCNC(=O)c1ccc(CN(c2nc(-c3ccccc3)cs2)c2ccccc2F)cc1. The second-order valence-corrected chi connectivity index (χ2v) is 8.35. The van der Waals surface area contributed by atoms with Crippen LogP contribution in [0.2, 0.25) is 0 Å². The van der Waals surface area contributed by atoms with Crippen molar-refractivity contribution in [2.24, 2.45) is 0 Å². The van der Waals surface area contributed by atoms with Gasteiger partial charge in [0.25, 0.3) is 5.91 Å². The summed E-state index contributed by atoms with van der Waals surface area (Å²) in [5, 5.41) is 13.9. The number of aromatic nitrogens is 1. The number of hydrogen-bond acceptors (Lipinski definition) is 5. The predicted octanol–water partition coefficient (Wildman–Crippen LogP) is 5.49. The van der Waals surface area contributed by atoms with Crippen LogP contribution in [0, 0.1) is 5.82 Å². The van der Waals surface area contributed by atoms with Gasteiger partial charge < -0.3 is 15.3 Å². The summed E-state index contributed by atoms with van der Waals surface area (Å²) >= 11 is 1.43. The van der Waals surface area contributed by atoms with E-state index < -0.39 is 5.97 Å². The number of para-hydroxylation sites is 1. The maximum Gasteiger partial charge on any atom is 0.305 e. The number of halogens is 1. The van der Waals surface area contributed by atoms with Crippen LogP contribution in [0.25, 0.3) is 11.3 Å². The van der Waals surface area contributed by atoms with Crippen molar-refractivity contribution >= 4 is 34.0 Å². The number of carbonyl (C=O) groups excluding carboxylic acids is 1. The van der Waals surface area contributed by atoms with Crippen molar-refractivity contribution in [3.63, 3.8) is 0 Å². The number of carboxylic acids is 1. The molecular formula is C26H22FN3O3S. The molecule has 1 amide bonds. The van der Waals surface area contributed by atoms with Gasteiger partial charge in [-0.2, -0.15) is 0 Å². The molecule has 0 aliphatic carbocycles. The molecule has 8 heteroatoms. The Labute approximate surface area is 200 Å². The van der Waals surface area contributed by atoms with Crippen molar-refractivity contribution in [1.29, 1.82) is 0 Å². The van der Waals surface area contributed by atoms with E-state index in [0.717, 1.165) is 16.8 Å².